The van der Waals surface area contributed by atoms with Crippen LogP contribution < -0.4 is 5.14 Å². The molecule has 0 aliphatic heterocycles. The van der Waals surface area contributed by atoms with Gasteiger partial charge in [0.05, 0.1) is 16.3 Å². The van der Waals surface area contributed by atoms with E-state index in [4.69, 9.17) is 5.14 Å². The Balaban J connectivity index is 2.18. The molecule has 5 nitrogen and oxygen atoms in total. The minimum Gasteiger partial charge on any atom is -0.233 e. The summed E-state index contributed by atoms with van der Waals surface area (Å²) in [5, 5.41) is 9.10. The van der Waals surface area contributed by atoms with Gasteiger partial charge in [-0.15, -0.1) is 11.8 Å². The van der Waals surface area contributed by atoms with Crippen molar-refractivity contribution in [2.75, 3.05) is 6.26 Å². The molecule has 2 aromatic carbocycles. The Hall–Kier alpha value is -2.23. The molecule has 0 radical (unpaired) electrons. The molecule has 3 rings (SSSR count). The molecule has 0 fully saturated rings. The van der Waals surface area contributed by atoms with Crippen molar-refractivity contribution in [1.29, 1.82) is 0 Å². The lowest BCUT2D eigenvalue weighted by Crippen LogP contribution is -2.12. The highest BCUT2D eigenvalue weighted by Gasteiger charge is 2.19. The molecule has 9 heteroatoms. The molecule has 0 saturated heterocycles. The molecule has 2 N–H and O–H groups in total. The molecule has 1 aromatic heterocycles. The van der Waals surface area contributed by atoms with Crippen molar-refractivity contribution >= 4 is 21.8 Å². The highest BCUT2D eigenvalue weighted by molar-refractivity contribution is 7.98. The summed E-state index contributed by atoms with van der Waals surface area (Å²) in [6.45, 7) is 0. The van der Waals surface area contributed by atoms with Crippen LogP contribution in [0.5, 0.6) is 0 Å². The van der Waals surface area contributed by atoms with Crippen molar-refractivity contribution in [2.24, 2.45) is 5.14 Å². The topological polar surface area (TPSA) is 78.0 Å². The van der Waals surface area contributed by atoms with Crippen molar-refractivity contribution in [3.05, 3.63) is 60.3 Å². The molecule has 0 bridgehead atoms. The van der Waals surface area contributed by atoms with E-state index in [2.05, 4.69) is 5.10 Å². The van der Waals surface area contributed by atoms with Crippen LogP contribution in [-0.2, 0) is 10.0 Å². The molecule has 136 valence electrons. The number of primary sulfonamides is 1. The normalized spacial score (nSPS) is 11.9. The summed E-state index contributed by atoms with van der Waals surface area (Å²) in [6, 6.07) is 14.3. The highest BCUT2D eigenvalue weighted by atomic mass is 32.2. The number of sulfonamides is 1. The first-order valence-corrected chi connectivity index (χ1v) is 10.2. The first-order valence-electron chi connectivity index (χ1n) is 7.46. The van der Waals surface area contributed by atoms with Gasteiger partial charge in [0.1, 0.15) is 5.69 Å². The number of hydrogen-bond donors (Lipinski definition) is 1. The molecule has 0 aliphatic carbocycles. The number of rotatable bonds is 5. The molecular weight excluding hydrogens is 380 g/mol. The third kappa shape index (κ3) is 3.64. The molecule has 0 atom stereocenters. The minimum absolute atomic E-state index is 0.0615. The predicted molar refractivity (Wildman–Crippen MR) is 97.1 cm³/mol. The van der Waals surface area contributed by atoms with Crippen molar-refractivity contribution in [2.45, 2.75) is 16.2 Å². The summed E-state index contributed by atoms with van der Waals surface area (Å²) in [4.78, 5) is 0.851. The second-order valence-corrected chi connectivity index (χ2v) is 7.82. The van der Waals surface area contributed by atoms with E-state index in [0.717, 1.165) is 10.5 Å². The maximum absolute atomic E-state index is 13.2. The molecular formula is C17H15F2N3O2S2. The minimum atomic E-state index is -3.84. The van der Waals surface area contributed by atoms with Gasteiger partial charge in [-0.1, -0.05) is 18.2 Å². The quantitative estimate of drug-likeness (QED) is 0.666. The largest absolute Gasteiger partial charge is 0.282 e. The van der Waals surface area contributed by atoms with Crippen LogP contribution in [0.1, 0.15) is 12.1 Å². The van der Waals surface area contributed by atoms with Gasteiger partial charge >= 0.3 is 0 Å². The fraction of sp³-hybridized carbons (Fsp3) is 0.118. The van der Waals surface area contributed by atoms with Crippen LogP contribution >= 0.6 is 11.8 Å². The Morgan fingerprint density at radius 3 is 2.35 bits per heavy atom. The molecule has 3 aromatic rings. The predicted octanol–water partition coefficient (Wildman–Crippen LogP) is 3.85. The summed E-state index contributed by atoms with van der Waals surface area (Å²) in [5.74, 6) is 0. The number of hydrogen-bond acceptors (Lipinski definition) is 4. The molecule has 0 spiro atoms. The van der Waals surface area contributed by atoms with E-state index in [0.29, 0.717) is 11.4 Å². The third-order valence-corrected chi connectivity index (χ3v) is 5.47. The van der Waals surface area contributed by atoms with Crippen LogP contribution in [0.4, 0.5) is 8.78 Å². The van der Waals surface area contributed by atoms with Crippen molar-refractivity contribution in [3.63, 3.8) is 0 Å². The van der Waals surface area contributed by atoms with E-state index in [1.165, 1.54) is 46.8 Å². The standard InChI is InChI=1S/C17H15F2N3O2S2/c1-25-16-5-3-2-4-13(16)15-10-14(17(18)19)21-22(15)11-6-8-12(9-7-11)26(20,23)24/h2-10,17H,1H3,(H2,20,23,24). The van der Waals surface area contributed by atoms with Gasteiger partial charge in [0.15, 0.2) is 0 Å². The Bertz CT molecular complexity index is 1030. The molecule has 0 unspecified atom stereocenters. The number of nitrogens with two attached hydrogens (primary N) is 1. The fourth-order valence-corrected chi connectivity index (χ4v) is 3.65. The Morgan fingerprint density at radius 2 is 1.77 bits per heavy atom. The first kappa shape index (κ1) is 18.6. The van der Waals surface area contributed by atoms with Gasteiger partial charge in [-0.2, -0.15) is 5.10 Å². The number of benzene rings is 2. The average molecular weight is 395 g/mol. The summed E-state index contributed by atoms with van der Waals surface area (Å²) in [6.07, 6.45) is -0.825. The zero-order valence-electron chi connectivity index (χ0n) is 13.6. The van der Waals surface area contributed by atoms with Crippen molar-refractivity contribution < 1.29 is 17.2 Å². The van der Waals surface area contributed by atoms with Crippen molar-refractivity contribution in [1.82, 2.24) is 9.78 Å². The maximum atomic E-state index is 13.2. The first-order chi connectivity index (χ1) is 12.3. The molecule has 0 saturated carbocycles. The SMILES string of the molecule is CSc1ccccc1-c1cc(C(F)F)nn1-c1ccc(S(N)(=O)=O)cc1. The number of alkyl halides is 2. The summed E-state index contributed by atoms with van der Waals surface area (Å²) in [5.41, 5.74) is 1.35. The molecule has 0 amide bonds. The van der Waals surface area contributed by atoms with Crippen LogP contribution in [0.25, 0.3) is 16.9 Å². The average Bonchev–Trinajstić information content (AvgIpc) is 3.06. The molecule has 1 heterocycles. The fourth-order valence-electron chi connectivity index (χ4n) is 2.53. The van der Waals surface area contributed by atoms with Crippen LogP contribution in [0.3, 0.4) is 0 Å². The van der Waals surface area contributed by atoms with Crippen LogP contribution in [0, 0.1) is 0 Å². The molecule has 26 heavy (non-hydrogen) atoms. The van der Waals surface area contributed by atoms with Gasteiger partial charge in [0, 0.05) is 10.5 Å². The Morgan fingerprint density at radius 1 is 1.12 bits per heavy atom. The smallest absolute Gasteiger partial charge is 0.233 e. The lowest BCUT2D eigenvalue weighted by molar-refractivity contribution is 0.145. The third-order valence-electron chi connectivity index (χ3n) is 3.74. The monoisotopic (exact) mass is 395 g/mol. The summed E-state index contributed by atoms with van der Waals surface area (Å²) >= 11 is 1.49. The van der Waals surface area contributed by atoms with E-state index in [1.807, 2.05) is 30.5 Å². The summed E-state index contributed by atoms with van der Waals surface area (Å²) in [7, 11) is -3.84. The van der Waals surface area contributed by atoms with Gasteiger partial charge in [-0.05, 0) is 42.7 Å². The van der Waals surface area contributed by atoms with Gasteiger partial charge in [-0.3, -0.25) is 0 Å². The van der Waals surface area contributed by atoms with E-state index in [9.17, 15) is 17.2 Å². The van der Waals surface area contributed by atoms with Gasteiger partial charge in [0.2, 0.25) is 10.0 Å². The number of halogens is 2. The van der Waals surface area contributed by atoms with E-state index in [-0.39, 0.29) is 10.6 Å². The van der Waals surface area contributed by atoms with Crippen LogP contribution in [0.15, 0.2) is 64.4 Å². The second-order valence-electron chi connectivity index (χ2n) is 5.41. The summed E-state index contributed by atoms with van der Waals surface area (Å²) < 4.78 is 50.6. The van der Waals surface area contributed by atoms with E-state index >= 15 is 0 Å². The van der Waals surface area contributed by atoms with Gasteiger partial charge in [0.25, 0.3) is 6.43 Å². The Kier molecular flexibility index (Phi) is 5.12. The van der Waals surface area contributed by atoms with Crippen LogP contribution in [-0.4, -0.2) is 24.5 Å². The van der Waals surface area contributed by atoms with Crippen molar-refractivity contribution in [3.8, 4) is 16.9 Å². The van der Waals surface area contributed by atoms with Gasteiger partial charge < -0.3 is 0 Å². The lowest BCUT2D eigenvalue weighted by Gasteiger charge is -2.11. The van der Waals surface area contributed by atoms with Crippen LogP contribution in [0.2, 0.25) is 0 Å². The highest BCUT2D eigenvalue weighted by Crippen LogP contribution is 2.34. The second kappa shape index (κ2) is 7.18. The zero-order chi connectivity index (χ0) is 18.9. The number of thioether (sulfide) groups is 1. The zero-order valence-corrected chi connectivity index (χ0v) is 15.3. The molecule has 0 aliphatic rings. The van der Waals surface area contributed by atoms with Gasteiger partial charge in [-0.25, -0.2) is 27.0 Å². The Labute approximate surface area is 153 Å². The van der Waals surface area contributed by atoms with E-state index < -0.39 is 16.4 Å². The van der Waals surface area contributed by atoms with E-state index in [1.54, 1.807) is 0 Å². The number of nitrogens with zero attached hydrogens (tertiary/aromatic N) is 2. The lowest BCUT2D eigenvalue weighted by atomic mass is 10.1. The maximum Gasteiger partial charge on any atom is 0.282 e. The number of aromatic nitrogens is 2.